The first kappa shape index (κ1) is 32.9. The van der Waals surface area contributed by atoms with E-state index < -0.39 is 11.9 Å². The van der Waals surface area contributed by atoms with Crippen molar-refractivity contribution in [2.24, 2.45) is 0 Å². The molecule has 0 fully saturated rings. The summed E-state index contributed by atoms with van der Waals surface area (Å²) in [5.41, 5.74) is 7.38. The number of esters is 2. The number of carbonyl (C=O) groups is 2. The van der Waals surface area contributed by atoms with Gasteiger partial charge in [-0.1, -0.05) is 121 Å². The minimum Gasteiger partial charge on any atom is -0.421 e. The zero-order valence-corrected chi connectivity index (χ0v) is 30.0. The Kier molecular flexibility index (Phi) is 8.00. The van der Waals surface area contributed by atoms with Crippen molar-refractivity contribution >= 4 is 79.1 Å². The first-order chi connectivity index (χ1) is 27.7. The van der Waals surface area contributed by atoms with Crippen molar-refractivity contribution in [3.63, 3.8) is 0 Å². The molecule has 8 aromatic rings. The third-order valence-electron chi connectivity index (χ3n) is 10.3. The Morgan fingerprint density at radius 3 is 0.911 bits per heavy atom. The highest BCUT2D eigenvalue weighted by molar-refractivity contribution is 6.26. The van der Waals surface area contributed by atoms with Gasteiger partial charge in [0.05, 0.1) is 11.4 Å². The monoisotopic (exact) mass is 724 g/mol. The minimum atomic E-state index is -0.623. The molecule has 0 unspecified atom stereocenters. The second-order valence-corrected chi connectivity index (χ2v) is 13.6. The van der Waals surface area contributed by atoms with E-state index in [1.807, 2.05) is 146 Å². The van der Waals surface area contributed by atoms with Crippen LogP contribution >= 0.6 is 0 Å². The lowest BCUT2D eigenvalue weighted by Crippen LogP contribution is -2.11. The van der Waals surface area contributed by atoms with Gasteiger partial charge in [0, 0.05) is 44.6 Å². The van der Waals surface area contributed by atoms with Crippen molar-refractivity contribution in [1.29, 1.82) is 0 Å². The zero-order chi connectivity index (χ0) is 37.6. The Balaban J connectivity index is 1.13. The van der Waals surface area contributed by atoms with Gasteiger partial charge in [-0.25, -0.2) is 9.59 Å². The molecular weight excluding hydrogens is 693 g/mol. The van der Waals surface area contributed by atoms with Gasteiger partial charge in [0.15, 0.2) is 11.5 Å². The Bertz CT molecular complexity index is 2610. The molecule has 0 aromatic heterocycles. The van der Waals surface area contributed by atoms with Crippen molar-refractivity contribution in [3.05, 3.63) is 216 Å². The number of rotatable bonds is 8. The molecule has 2 aliphatic heterocycles. The number of nitrogens with zero attached hydrogens (tertiary/aromatic N) is 2. The molecule has 0 radical (unpaired) electrons. The van der Waals surface area contributed by atoms with E-state index in [0.717, 1.165) is 55.7 Å². The van der Waals surface area contributed by atoms with Crippen LogP contribution in [-0.4, -0.2) is 11.9 Å². The highest BCUT2D eigenvalue weighted by Crippen LogP contribution is 2.49. The Morgan fingerprint density at radius 1 is 0.304 bits per heavy atom. The van der Waals surface area contributed by atoms with Crippen LogP contribution in [-0.2, 0) is 19.1 Å². The van der Waals surface area contributed by atoms with Gasteiger partial charge < -0.3 is 19.3 Å². The van der Waals surface area contributed by atoms with Crippen molar-refractivity contribution in [2.45, 2.75) is 0 Å². The summed E-state index contributed by atoms with van der Waals surface area (Å²) in [6.07, 6.45) is 0. The van der Waals surface area contributed by atoms with Gasteiger partial charge in [-0.3, -0.25) is 0 Å². The Morgan fingerprint density at radius 2 is 0.589 bits per heavy atom. The van der Waals surface area contributed by atoms with Crippen LogP contribution in [0.15, 0.2) is 205 Å². The van der Waals surface area contributed by atoms with E-state index in [0.29, 0.717) is 11.1 Å². The fourth-order valence-electron chi connectivity index (χ4n) is 7.90. The summed E-state index contributed by atoms with van der Waals surface area (Å²) in [6, 6.07) is 64.5. The average molecular weight is 725 g/mol. The molecule has 6 heteroatoms. The fraction of sp³-hybridized carbons (Fsp3) is 0. The Labute approximate surface area is 323 Å². The summed E-state index contributed by atoms with van der Waals surface area (Å²) in [5.74, 6) is -0.858. The molecule has 0 saturated heterocycles. The molecule has 0 spiro atoms. The van der Waals surface area contributed by atoms with Crippen LogP contribution in [0.3, 0.4) is 0 Å². The molecule has 2 aliphatic rings. The predicted molar refractivity (Wildman–Crippen MR) is 223 cm³/mol. The molecule has 0 N–H and O–H groups in total. The molecule has 8 aromatic carbocycles. The van der Waals surface area contributed by atoms with Crippen molar-refractivity contribution in [2.75, 3.05) is 9.80 Å². The van der Waals surface area contributed by atoms with Gasteiger partial charge in [0.2, 0.25) is 0 Å². The molecule has 0 bridgehead atoms. The van der Waals surface area contributed by atoms with Crippen LogP contribution in [0.4, 0.5) is 34.1 Å². The van der Waals surface area contributed by atoms with Gasteiger partial charge in [-0.2, -0.15) is 0 Å². The third-order valence-corrected chi connectivity index (χ3v) is 10.3. The van der Waals surface area contributed by atoms with Crippen molar-refractivity contribution in [1.82, 2.24) is 0 Å². The summed E-state index contributed by atoms with van der Waals surface area (Å²) in [5, 5.41) is 3.51. The van der Waals surface area contributed by atoms with Crippen LogP contribution < -0.4 is 9.80 Å². The highest BCUT2D eigenvalue weighted by atomic mass is 16.6. The number of benzene rings is 8. The van der Waals surface area contributed by atoms with E-state index in [2.05, 4.69) is 58.3 Å². The van der Waals surface area contributed by atoms with Gasteiger partial charge in [-0.05, 0) is 83.6 Å². The van der Waals surface area contributed by atoms with Crippen LogP contribution in [0, 0.1) is 0 Å². The normalized spacial score (nSPS) is 13.6. The zero-order valence-electron chi connectivity index (χ0n) is 30.0. The maximum absolute atomic E-state index is 14.0. The standard InChI is InChI=1S/C50H32N2O4/c53-49-45-46(48(56-49)42-30-32-44(40-28-16-14-26-38(40)42)52(35-21-9-3-10-22-35)36-23-11-4-12-24-36)50(54)55-47(45)41-29-31-43(39-27-15-13-25-37(39)41)51(33-17-5-1-6-18-33)34-19-7-2-8-20-34/h1-32H. The van der Waals surface area contributed by atoms with Crippen molar-refractivity contribution < 1.29 is 19.1 Å². The van der Waals surface area contributed by atoms with Gasteiger partial charge >= 0.3 is 11.9 Å². The third kappa shape index (κ3) is 5.43. The summed E-state index contributed by atoms with van der Waals surface area (Å²) in [4.78, 5) is 32.3. The molecule has 266 valence electrons. The summed E-state index contributed by atoms with van der Waals surface area (Å²) < 4.78 is 12.1. The van der Waals surface area contributed by atoms with E-state index in [1.165, 1.54) is 0 Å². The van der Waals surface area contributed by atoms with Gasteiger partial charge in [0.25, 0.3) is 0 Å². The van der Waals surface area contributed by atoms with Crippen LogP contribution in [0.25, 0.3) is 33.1 Å². The fourth-order valence-corrected chi connectivity index (χ4v) is 7.90. The minimum absolute atomic E-state index is 0.134. The molecule has 10 rings (SSSR count). The lowest BCUT2D eigenvalue weighted by atomic mass is 9.95. The summed E-state index contributed by atoms with van der Waals surface area (Å²) in [7, 11) is 0. The highest BCUT2D eigenvalue weighted by Gasteiger charge is 2.46. The number of hydrogen-bond donors (Lipinski definition) is 0. The lowest BCUT2D eigenvalue weighted by Gasteiger charge is -2.27. The summed E-state index contributed by atoms with van der Waals surface area (Å²) in [6.45, 7) is 0. The molecule has 0 saturated carbocycles. The molecule has 56 heavy (non-hydrogen) atoms. The lowest BCUT2D eigenvalue weighted by molar-refractivity contribution is -0.131. The van der Waals surface area contributed by atoms with E-state index in [4.69, 9.17) is 9.47 Å². The Hall–Kier alpha value is -7.70. The van der Waals surface area contributed by atoms with Crippen molar-refractivity contribution in [3.8, 4) is 0 Å². The molecule has 6 nitrogen and oxygen atoms in total. The second-order valence-electron chi connectivity index (χ2n) is 13.6. The van der Waals surface area contributed by atoms with Gasteiger partial charge in [-0.15, -0.1) is 0 Å². The number of ether oxygens (including phenoxy) is 2. The SMILES string of the molecule is O=C1OC(c2ccc(N(c3ccccc3)c3ccccc3)c3ccccc23)=C2C(=O)OC(c3ccc(N(c4ccccc4)c4ccccc4)c4ccccc34)=C12. The van der Waals surface area contributed by atoms with Crippen LogP contribution in [0.2, 0.25) is 0 Å². The number of fused-ring (bicyclic) bond motifs is 3. The maximum Gasteiger partial charge on any atom is 0.348 e. The number of para-hydroxylation sites is 4. The van der Waals surface area contributed by atoms with E-state index >= 15 is 0 Å². The molecule has 0 aliphatic carbocycles. The molecule has 2 heterocycles. The number of anilines is 6. The molecular formula is C50H32N2O4. The first-order valence-electron chi connectivity index (χ1n) is 18.4. The average Bonchev–Trinajstić information content (AvgIpc) is 3.79. The van der Waals surface area contributed by atoms with Crippen LogP contribution in [0.5, 0.6) is 0 Å². The maximum atomic E-state index is 14.0. The van der Waals surface area contributed by atoms with Gasteiger partial charge in [0.1, 0.15) is 11.1 Å². The quantitative estimate of drug-likeness (QED) is 0.145. The molecule has 0 atom stereocenters. The second kappa shape index (κ2) is 13.6. The van der Waals surface area contributed by atoms with E-state index in [-0.39, 0.29) is 22.7 Å². The van der Waals surface area contributed by atoms with E-state index in [9.17, 15) is 9.59 Å². The topological polar surface area (TPSA) is 59.1 Å². The predicted octanol–water partition coefficient (Wildman–Crippen LogP) is 12.2. The summed E-state index contributed by atoms with van der Waals surface area (Å²) >= 11 is 0. The largest absolute Gasteiger partial charge is 0.421 e. The smallest absolute Gasteiger partial charge is 0.348 e. The number of cyclic esters (lactones) is 2. The van der Waals surface area contributed by atoms with E-state index in [1.54, 1.807) is 0 Å². The molecule has 0 amide bonds. The van der Waals surface area contributed by atoms with Crippen LogP contribution in [0.1, 0.15) is 11.1 Å². The number of hydrogen-bond acceptors (Lipinski definition) is 6. The first-order valence-corrected chi connectivity index (χ1v) is 18.4. The number of carbonyl (C=O) groups excluding carboxylic acids is 2.